The Morgan fingerprint density at radius 2 is 2.20 bits per heavy atom. The van der Waals surface area contributed by atoms with Gasteiger partial charge in [0, 0.05) is 13.1 Å². The quantitative estimate of drug-likeness (QED) is 0.792. The molecule has 0 aliphatic carbocycles. The van der Waals surface area contributed by atoms with E-state index in [-0.39, 0.29) is 5.91 Å². The van der Waals surface area contributed by atoms with Gasteiger partial charge in [0.25, 0.3) is 5.91 Å². The Hall–Kier alpha value is -0.900. The molecular formula is C11H15NO2S. The lowest BCUT2D eigenvalue weighted by atomic mass is 10.4. The second-order valence-corrected chi connectivity index (χ2v) is 4.56. The fourth-order valence-corrected chi connectivity index (χ4v) is 2.23. The van der Waals surface area contributed by atoms with Crippen molar-refractivity contribution in [1.29, 1.82) is 0 Å². The van der Waals surface area contributed by atoms with Gasteiger partial charge in [-0.3, -0.25) is 4.79 Å². The van der Waals surface area contributed by atoms with Gasteiger partial charge in [0.05, 0.1) is 5.75 Å². The van der Waals surface area contributed by atoms with Gasteiger partial charge in [-0.1, -0.05) is 0 Å². The van der Waals surface area contributed by atoms with Crippen molar-refractivity contribution in [2.24, 2.45) is 0 Å². The van der Waals surface area contributed by atoms with Gasteiger partial charge < -0.3 is 9.32 Å². The van der Waals surface area contributed by atoms with Crippen molar-refractivity contribution in [1.82, 2.24) is 4.90 Å². The molecule has 0 aromatic carbocycles. The van der Waals surface area contributed by atoms with E-state index in [9.17, 15) is 4.79 Å². The van der Waals surface area contributed by atoms with Crippen LogP contribution in [0.4, 0.5) is 0 Å². The van der Waals surface area contributed by atoms with Crippen molar-refractivity contribution in [3.8, 4) is 0 Å². The van der Waals surface area contributed by atoms with E-state index < -0.39 is 0 Å². The highest BCUT2D eigenvalue weighted by Gasteiger charge is 2.21. The average molecular weight is 225 g/mol. The van der Waals surface area contributed by atoms with Gasteiger partial charge in [-0.2, -0.15) is 11.8 Å². The lowest BCUT2D eigenvalue weighted by molar-refractivity contribution is 0.0760. The summed E-state index contributed by atoms with van der Waals surface area (Å²) in [5.41, 5.74) is 0. The largest absolute Gasteiger partial charge is 0.455 e. The van der Waals surface area contributed by atoms with Crippen LogP contribution in [-0.2, 0) is 5.75 Å². The zero-order chi connectivity index (χ0) is 10.7. The maximum atomic E-state index is 11.9. The van der Waals surface area contributed by atoms with Crippen molar-refractivity contribution >= 4 is 17.7 Å². The minimum atomic E-state index is 0.0415. The molecule has 1 fully saturated rings. The molecule has 0 spiro atoms. The Balaban J connectivity index is 2.04. The first-order chi connectivity index (χ1) is 7.31. The van der Waals surface area contributed by atoms with E-state index in [1.807, 2.05) is 17.2 Å². The number of likely N-dealkylation sites (tertiary alicyclic amines) is 1. The van der Waals surface area contributed by atoms with E-state index >= 15 is 0 Å². The van der Waals surface area contributed by atoms with Crippen molar-refractivity contribution in [3.05, 3.63) is 23.7 Å². The van der Waals surface area contributed by atoms with Crippen molar-refractivity contribution in [2.75, 3.05) is 19.3 Å². The predicted octanol–water partition coefficient (Wildman–Crippen LogP) is 2.38. The third-order valence-electron chi connectivity index (χ3n) is 2.55. The van der Waals surface area contributed by atoms with E-state index in [0.29, 0.717) is 5.76 Å². The summed E-state index contributed by atoms with van der Waals surface area (Å²) in [6.07, 6.45) is 4.25. The molecule has 2 heterocycles. The molecule has 1 aliphatic rings. The second-order valence-electron chi connectivity index (χ2n) is 3.70. The van der Waals surface area contributed by atoms with E-state index in [2.05, 4.69) is 0 Å². The Bertz CT molecular complexity index is 342. The number of amides is 1. The molecule has 1 aromatic rings. The van der Waals surface area contributed by atoms with Crippen LogP contribution in [-0.4, -0.2) is 30.2 Å². The topological polar surface area (TPSA) is 33.5 Å². The number of hydrogen-bond acceptors (Lipinski definition) is 3. The monoisotopic (exact) mass is 225 g/mol. The fraction of sp³-hybridized carbons (Fsp3) is 0.545. The molecule has 1 aliphatic heterocycles. The van der Waals surface area contributed by atoms with Crippen LogP contribution >= 0.6 is 11.8 Å². The van der Waals surface area contributed by atoms with Crippen LogP contribution in [0, 0.1) is 0 Å². The van der Waals surface area contributed by atoms with Gasteiger partial charge in [-0.05, 0) is 31.2 Å². The van der Waals surface area contributed by atoms with Gasteiger partial charge >= 0.3 is 0 Å². The summed E-state index contributed by atoms with van der Waals surface area (Å²) in [6, 6.07) is 3.67. The van der Waals surface area contributed by atoms with E-state index in [1.54, 1.807) is 17.8 Å². The molecule has 0 saturated carbocycles. The summed E-state index contributed by atoms with van der Waals surface area (Å²) in [7, 11) is 0. The van der Waals surface area contributed by atoms with Gasteiger partial charge in [0.1, 0.15) is 5.76 Å². The van der Waals surface area contributed by atoms with Gasteiger partial charge in [-0.15, -0.1) is 0 Å². The second kappa shape index (κ2) is 4.75. The first-order valence-corrected chi connectivity index (χ1v) is 6.57. The van der Waals surface area contributed by atoms with Crippen molar-refractivity contribution < 1.29 is 9.21 Å². The lowest BCUT2D eigenvalue weighted by Crippen LogP contribution is -2.27. The zero-order valence-electron chi connectivity index (χ0n) is 8.86. The molecular weight excluding hydrogens is 210 g/mol. The normalized spacial score (nSPS) is 15.9. The van der Waals surface area contributed by atoms with Crippen molar-refractivity contribution in [3.63, 3.8) is 0 Å². The van der Waals surface area contributed by atoms with Crippen LogP contribution < -0.4 is 0 Å². The number of furan rings is 1. The first kappa shape index (κ1) is 10.6. The maximum Gasteiger partial charge on any atom is 0.289 e. The minimum Gasteiger partial charge on any atom is -0.455 e. The van der Waals surface area contributed by atoms with Crippen LogP contribution in [0.2, 0.25) is 0 Å². The fourth-order valence-electron chi connectivity index (χ4n) is 1.79. The lowest BCUT2D eigenvalue weighted by Gasteiger charge is -2.12. The molecule has 4 heteroatoms. The SMILES string of the molecule is CSCc1ccc(C(=O)N2CCCC2)o1. The van der Waals surface area contributed by atoms with Gasteiger partial charge in [0.15, 0.2) is 5.76 Å². The molecule has 0 unspecified atom stereocenters. The van der Waals surface area contributed by atoms with Crippen LogP contribution in [0.1, 0.15) is 29.2 Å². The smallest absolute Gasteiger partial charge is 0.289 e. The number of hydrogen-bond donors (Lipinski definition) is 0. The standard InChI is InChI=1S/C11H15NO2S/c1-15-8-9-4-5-10(14-9)11(13)12-6-2-3-7-12/h4-5H,2-3,6-8H2,1H3. The van der Waals surface area contributed by atoms with Crippen LogP contribution in [0.25, 0.3) is 0 Å². The molecule has 3 nitrogen and oxygen atoms in total. The number of carbonyl (C=O) groups is 1. The molecule has 1 saturated heterocycles. The molecule has 0 N–H and O–H groups in total. The predicted molar refractivity (Wildman–Crippen MR) is 61.1 cm³/mol. The van der Waals surface area contributed by atoms with E-state index in [1.165, 1.54) is 0 Å². The third-order valence-corrected chi connectivity index (χ3v) is 3.13. The molecule has 15 heavy (non-hydrogen) atoms. The molecule has 0 bridgehead atoms. The highest BCUT2D eigenvalue weighted by atomic mass is 32.2. The molecule has 1 amide bonds. The summed E-state index contributed by atoms with van der Waals surface area (Å²) >= 11 is 1.69. The van der Waals surface area contributed by atoms with Gasteiger partial charge in [-0.25, -0.2) is 0 Å². The van der Waals surface area contributed by atoms with E-state index in [0.717, 1.165) is 37.4 Å². The first-order valence-electron chi connectivity index (χ1n) is 5.18. The van der Waals surface area contributed by atoms with E-state index in [4.69, 9.17) is 4.42 Å². The zero-order valence-corrected chi connectivity index (χ0v) is 9.68. The molecule has 2 rings (SSSR count). The van der Waals surface area contributed by atoms with Crippen LogP contribution in [0.3, 0.4) is 0 Å². The summed E-state index contributed by atoms with van der Waals surface area (Å²) in [6.45, 7) is 1.74. The highest BCUT2D eigenvalue weighted by molar-refractivity contribution is 7.97. The summed E-state index contributed by atoms with van der Waals surface area (Å²) < 4.78 is 5.49. The number of carbonyl (C=O) groups excluding carboxylic acids is 1. The van der Waals surface area contributed by atoms with Crippen LogP contribution in [0.5, 0.6) is 0 Å². The Kier molecular flexibility index (Phi) is 3.36. The minimum absolute atomic E-state index is 0.0415. The number of thioether (sulfide) groups is 1. The number of rotatable bonds is 3. The average Bonchev–Trinajstić information content (AvgIpc) is 2.87. The van der Waals surface area contributed by atoms with Gasteiger partial charge in [0.2, 0.25) is 0 Å². The molecule has 0 radical (unpaired) electrons. The number of nitrogens with zero attached hydrogens (tertiary/aromatic N) is 1. The summed E-state index contributed by atoms with van der Waals surface area (Å²) in [4.78, 5) is 13.8. The third kappa shape index (κ3) is 2.37. The van der Waals surface area contributed by atoms with Crippen molar-refractivity contribution in [2.45, 2.75) is 18.6 Å². The molecule has 82 valence electrons. The molecule has 1 aromatic heterocycles. The highest BCUT2D eigenvalue weighted by Crippen LogP contribution is 2.17. The Labute approximate surface area is 93.8 Å². The maximum absolute atomic E-state index is 11.9. The summed E-state index contributed by atoms with van der Waals surface area (Å²) in [5.74, 6) is 2.23. The Morgan fingerprint density at radius 1 is 1.47 bits per heavy atom. The molecule has 0 atom stereocenters. The Morgan fingerprint density at radius 3 is 2.87 bits per heavy atom. The van der Waals surface area contributed by atoms with Crippen LogP contribution in [0.15, 0.2) is 16.5 Å². The summed E-state index contributed by atoms with van der Waals surface area (Å²) in [5, 5.41) is 0.